The highest BCUT2D eigenvalue weighted by molar-refractivity contribution is 5.95. The summed E-state index contributed by atoms with van der Waals surface area (Å²) in [5, 5.41) is 14.0. The number of amidine groups is 1. The Hall–Kier alpha value is -2.11. The molecule has 0 radical (unpaired) electrons. The van der Waals surface area contributed by atoms with Gasteiger partial charge in [-0.15, -0.1) is 0 Å². The van der Waals surface area contributed by atoms with Crippen LogP contribution in [0, 0.1) is 12.7 Å². The predicted molar refractivity (Wildman–Crippen MR) is 70.7 cm³/mol. The van der Waals surface area contributed by atoms with Crippen molar-refractivity contribution in [1.29, 1.82) is 0 Å². The first-order valence-corrected chi connectivity index (χ1v) is 6.05. The molecule has 1 aromatic rings. The SMILES string of the molecule is Cc1cc(F)ccc1C(=O)NCCCC/C(N)=N/O. The van der Waals surface area contributed by atoms with Gasteiger partial charge in [-0.1, -0.05) is 5.16 Å². The lowest BCUT2D eigenvalue weighted by Crippen LogP contribution is -2.25. The van der Waals surface area contributed by atoms with Gasteiger partial charge in [0.2, 0.25) is 0 Å². The minimum Gasteiger partial charge on any atom is -0.409 e. The molecule has 19 heavy (non-hydrogen) atoms. The Kier molecular flexibility index (Phi) is 5.78. The fraction of sp³-hybridized carbons (Fsp3) is 0.385. The number of amides is 1. The molecule has 0 unspecified atom stereocenters. The largest absolute Gasteiger partial charge is 0.409 e. The number of rotatable bonds is 6. The van der Waals surface area contributed by atoms with Gasteiger partial charge in [0.25, 0.3) is 5.91 Å². The summed E-state index contributed by atoms with van der Waals surface area (Å²) in [7, 11) is 0. The molecule has 0 aromatic heterocycles. The molecule has 104 valence electrons. The molecule has 0 atom stereocenters. The number of unbranched alkanes of at least 4 members (excludes halogenated alkanes) is 1. The third kappa shape index (κ3) is 4.95. The molecule has 0 bridgehead atoms. The average Bonchev–Trinajstić information content (AvgIpc) is 2.37. The van der Waals surface area contributed by atoms with E-state index < -0.39 is 0 Å². The summed E-state index contributed by atoms with van der Waals surface area (Å²) in [6.07, 6.45) is 1.93. The number of aryl methyl sites for hydroxylation is 1. The van der Waals surface area contributed by atoms with Gasteiger partial charge in [-0.2, -0.15) is 0 Å². The van der Waals surface area contributed by atoms with Crippen LogP contribution in [0.1, 0.15) is 35.2 Å². The van der Waals surface area contributed by atoms with Gasteiger partial charge in [0, 0.05) is 18.5 Å². The Labute approximate surface area is 111 Å². The first-order valence-electron chi connectivity index (χ1n) is 6.05. The van der Waals surface area contributed by atoms with Crippen molar-refractivity contribution in [2.24, 2.45) is 10.9 Å². The van der Waals surface area contributed by atoms with Crippen molar-refractivity contribution in [2.75, 3.05) is 6.54 Å². The summed E-state index contributed by atoms with van der Waals surface area (Å²) in [6, 6.07) is 4.06. The monoisotopic (exact) mass is 267 g/mol. The van der Waals surface area contributed by atoms with Crippen LogP contribution in [0.15, 0.2) is 23.4 Å². The van der Waals surface area contributed by atoms with E-state index in [4.69, 9.17) is 10.9 Å². The number of benzene rings is 1. The molecule has 1 rings (SSSR count). The molecule has 0 saturated heterocycles. The minimum absolute atomic E-state index is 0.181. The Balaban J connectivity index is 2.35. The molecule has 1 aromatic carbocycles. The van der Waals surface area contributed by atoms with E-state index in [1.165, 1.54) is 18.2 Å². The summed E-state index contributed by atoms with van der Waals surface area (Å²) < 4.78 is 12.9. The minimum atomic E-state index is -0.354. The van der Waals surface area contributed by atoms with Gasteiger partial charge >= 0.3 is 0 Å². The van der Waals surface area contributed by atoms with Gasteiger partial charge in [-0.25, -0.2) is 4.39 Å². The molecule has 0 aliphatic heterocycles. The number of nitrogens with one attached hydrogen (secondary N) is 1. The number of nitrogens with zero attached hydrogens (tertiary/aromatic N) is 1. The molecule has 4 N–H and O–H groups in total. The van der Waals surface area contributed by atoms with E-state index >= 15 is 0 Å². The molecule has 1 amide bonds. The third-order valence-electron chi connectivity index (χ3n) is 2.71. The van der Waals surface area contributed by atoms with Crippen molar-refractivity contribution in [3.8, 4) is 0 Å². The smallest absolute Gasteiger partial charge is 0.251 e. The van der Waals surface area contributed by atoms with E-state index in [1.807, 2.05) is 0 Å². The number of hydrogen-bond acceptors (Lipinski definition) is 3. The van der Waals surface area contributed by atoms with Gasteiger partial charge in [-0.3, -0.25) is 4.79 Å². The summed E-state index contributed by atoms with van der Waals surface area (Å²) in [4.78, 5) is 11.8. The second kappa shape index (κ2) is 7.35. The van der Waals surface area contributed by atoms with Crippen LogP contribution in [-0.2, 0) is 0 Å². The highest BCUT2D eigenvalue weighted by atomic mass is 19.1. The lowest BCUT2D eigenvalue weighted by atomic mass is 10.1. The maximum Gasteiger partial charge on any atom is 0.251 e. The number of hydrogen-bond donors (Lipinski definition) is 3. The molecule has 5 nitrogen and oxygen atoms in total. The number of carbonyl (C=O) groups is 1. The van der Waals surface area contributed by atoms with Gasteiger partial charge in [0.05, 0.1) is 0 Å². The van der Waals surface area contributed by atoms with Crippen molar-refractivity contribution >= 4 is 11.7 Å². The van der Waals surface area contributed by atoms with Crippen molar-refractivity contribution in [2.45, 2.75) is 26.2 Å². The molecule has 6 heteroatoms. The second-order valence-corrected chi connectivity index (χ2v) is 4.26. The highest BCUT2D eigenvalue weighted by Gasteiger charge is 2.08. The molecular weight excluding hydrogens is 249 g/mol. The van der Waals surface area contributed by atoms with Crippen molar-refractivity contribution < 1.29 is 14.4 Å². The molecule has 0 heterocycles. The molecule has 0 spiro atoms. The van der Waals surface area contributed by atoms with Crippen LogP contribution < -0.4 is 11.1 Å². The normalized spacial score (nSPS) is 11.4. The number of oxime groups is 1. The van der Waals surface area contributed by atoms with Gasteiger partial charge < -0.3 is 16.3 Å². The van der Waals surface area contributed by atoms with Crippen molar-refractivity contribution in [1.82, 2.24) is 5.32 Å². The van der Waals surface area contributed by atoms with E-state index in [0.29, 0.717) is 24.1 Å². The Morgan fingerprint density at radius 1 is 1.47 bits per heavy atom. The van der Waals surface area contributed by atoms with E-state index in [9.17, 15) is 9.18 Å². The Bertz CT molecular complexity index is 475. The van der Waals surface area contributed by atoms with Crippen LogP contribution in [0.3, 0.4) is 0 Å². The maximum atomic E-state index is 12.9. The van der Waals surface area contributed by atoms with Gasteiger partial charge in [0.1, 0.15) is 11.7 Å². The standard InChI is InChI=1S/C13H18FN3O2/c1-9-8-10(14)5-6-11(9)13(18)16-7-3-2-4-12(15)17-19/h5-6,8,19H,2-4,7H2,1H3,(H2,15,17)(H,16,18). The van der Waals surface area contributed by atoms with Crippen LogP contribution in [0.4, 0.5) is 4.39 Å². The number of halogens is 1. The highest BCUT2D eigenvalue weighted by Crippen LogP contribution is 2.09. The average molecular weight is 267 g/mol. The number of nitrogens with two attached hydrogens (primary N) is 1. The van der Waals surface area contributed by atoms with Crippen LogP contribution in [0.5, 0.6) is 0 Å². The van der Waals surface area contributed by atoms with Crippen LogP contribution in [-0.4, -0.2) is 23.5 Å². The number of carbonyl (C=O) groups excluding carboxylic acids is 1. The summed E-state index contributed by atoms with van der Waals surface area (Å²) in [6.45, 7) is 2.19. The molecule has 0 aliphatic rings. The zero-order chi connectivity index (χ0) is 14.3. The maximum absolute atomic E-state index is 12.9. The van der Waals surface area contributed by atoms with Gasteiger partial charge in [0.15, 0.2) is 0 Å². The Morgan fingerprint density at radius 2 is 2.21 bits per heavy atom. The summed E-state index contributed by atoms with van der Waals surface area (Å²) in [5.41, 5.74) is 6.39. The molecule has 0 saturated carbocycles. The van der Waals surface area contributed by atoms with E-state index in [1.54, 1.807) is 6.92 Å². The van der Waals surface area contributed by atoms with E-state index in [0.717, 1.165) is 12.8 Å². The molecule has 0 aliphatic carbocycles. The zero-order valence-electron chi connectivity index (χ0n) is 10.8. The van der Waals surface area contributed by atoms with E-state index in [-0.39, 0.29) is 17.6 Å². The quantitative estimate of drug-likeness (QED) is 0.241. The topological polar surface area (TPSA) is 87.7 Å². The third-order valence-corrected chi connectivity index (χ3v) is 2.71. The first-order chi connectivity index (χ1) is 9.04. The zero-order valence-corrected chi connectivity index (χ0v) is 10.8. The summed E-state index contributed by atoms with van der Waals surface area (Å²) in [5.74, 6) is -0.394. The lowest BCUT2D eigenvalue weighted by Gasteiger charge is -2.07. The molecular formula is C13H18FN3O2. The van der Waals surface area contributed by atoms with Gasteiger partial charge in [-0.05, 0) is 43.5 Å². The Morgan fingerprint density at radius 3 is 2.84 bits per heavy atom. The first kappa shape index (κ1) is 14.9. The van der Waals surface area contributed by atoms with Crippen LogP contribution in [0.25, 0.3) is 0 Å². The van der Waals surface area contributed by atoms with Crippen LogP contribution in [0.2, 0.25) is 0 Å². The predicted octanol–water partition coefficient (Wildman–Crippen LogP) is 1.78. The molecule has 0 fully saturated rings. The second-order valence-electron chi connectivity index (χ2n) is 4.26. The van der Waals surface area contributed by atoms with Crippen LogP contribution >= 0.6 is 0 Å². The summed E-state index contributed by atoms with van der Waals surface area (Å²) >= 11 is 0. The van der Waals surface area contributed by atoms with E-state index in [2.05, 4.69) is 10.5 Å². The lowest BCUT2D eigenvalue weighted by molar-refractivity contribution is 0.0952. The van der Waals surface area contributed by atoms with Crippen molar-refractivity contribution in [3.63, 3.8) is 0 Å². The fourth-order valence-corrected chi connectivity index (χ4v) is 1.66. The van der Waals surface area contributed by atoms with Crippen molar-refractivity contribution in [3.05, 3.63) is 35.1 Å². The fourth-order valence-electron chi connectivity index (χ4n) is 1.66.